The fraction of sp³-hybridized carbons (Fsp3) is 0.316. The molecule has 0 saturated carbocycles. The van der Waals surface area contributed by atoms with Crippen molar-refractivity contribution in [3.8, 4) is 5.75 Å². The number of phenolic OH excluding ortho intramolecular Hbond substituents is 1. The summed E-state index contributed by atoms with van der Waals surface area (Å²) in [6, 6.07) is 10.1. The van der Waals surface area contributed by atoms with Gasteiger partial charge in [0.2, 0.25) is 5.91 Å². The zero-order chi connectivity index (χ0) is 17.6. The molecule has 1 aliphatic heterocycles. The number of piperidine rings is 1. The van der Waals surface area contributed by atoms with Crippen molar-refractivity contribution in [3.05, 3.63) is 54.4 Å². The lowest BCUT2D eigenvalue weighted by atomic mass is 9.89. The number of rotatable bonds is 5. The second-order valence-electron chi connectivity index (χ2n) is 6.04. The number of carbonyl (C=O) groups is 2. The van der Waals surface area contributed by atoms with Crippen LogP contribution in [0.1, 0.15) is 23.2 Å². The number of pyridine rings is 1. The van der Waals surface area contributed by atoms with Gasteiger partial charge in [-0.15, -0.1) is 11.8 Å². The number of ketones is 1. The molecular formula is C19H20N2O3S. The molecule has 0 atom stereocenters. The molecule has 1 aromatic heterocycles. The van der Waals surface area contributed by atoms with Crippen molar-refractivity contribution in [1.82, 2.24) is 9.88 Å². The summed E-state index contributed by atoms with van der Waals surface area (Å²) in [5.74, 6) is 0.710. The highest BCUT2D eigenvalue weighted by Crippen LogP contribution is 2.24. The predicted octanol–water partition coefficient (Wildman–Crippen LogP) is 3.00. The van der Waals surface area contributed by atoms with Crippen molar-refractivity contribution >= 4 is 23.5 Å². The number of benzene rings is 1. The Morgan fingerprint density at radius 3 is 2.36 bits per heavy atom. The number of likely N-dealkylation sites (tertiary alicyclic amines) is 1. The minimum Gasteiger partial charge on any atom is -0.508 e. The minimum absolute atomic E-state index is 0.0542. The second-order valence-corrected chi connectivity index (χ2v) is 7.09. The van der Waals surface area contributed by atoms with Gasteiger partial charge in [0, 0.05) is 41.9 Å². The van der Waals surface area contributed by atoms with E-state index in [-0.39, 0.29) is 23.4 Å². The number of hydrogen-bond donors (Lipinski definition) is 1. The summed E-state index contributed by atoms with van der Waals surface area (Å²) >= 11 is 1.51. The van der Waals surface area contributed by atoms with Gasteiger partial charge in [-0.25, -0.2) is 0 Å². The Hall–Kier alpha value is -2.34. The monoisotopic (exact) mass is 356 g/mol. The number of hydrogen-bond acceptors (Lipinski definition) is 5. The van der Waals surface area contributed by atoms with Crippen LogP contribution in [0.3, 0.4) is 0 Å². The number of carbonyl (C=O) groups excluding carboxylic acids is 2. The van der Waals surface area contributed by atoms with Gasteiger partial charge in [0.15, 0.2) is 5.78 Å². The molecule has 2 heterocycles. The molecule has 130 valence electrons. The highest BCUT2D eigenvalue weighted by molar-refractivity contribution is 8.00. The number of Topliss-reactive ketones (excluding diaryl/α,β-unsaturated/α-hetero) is 1. The molecule has 1 aromatic carbocycles. The highest BCUT2D eigenvalue weighted by atomic mass is 32.2. The van der Waals surface area contributed by atoms with Gasteiger partial charge in [0.25, 0.3) is 0 Å². The van der Waals surface area contributed by atoms with Crippen LogP contribution in [-0.2, 0) is 4.79 Å². The van der Waals surface area contributed by atoms with Crippen molar-refractivity contribution in [2.24, 2.45) is 5.92 Å². The number of nitrogens with zero attached hydrogens (tertiary/aromatic N) is 2. The molecule has 0 bridgehead atoms. The number of phenols is 1. The van der Waals surface area contributed by atoms with E-state index >= 15 is 0 Å². The quantitative estimate of drug-likeness (QED) is 0.659. The molecule has 0 spiro atoms. The smallest absolute Gasteiger partial charge is 0.232 e. The van der Waals surface area contributed by atoms with Crippen molar-refractivity contribution < 1.29 is 14.7 Å². The van der Waals surface area contributed by atoms with Gasteiger partial charge in [0.05, 0.1) is 5.75 Å². The standard InChI is InChI=1S/C19H20N2O3S/c22-16-3-1-14(2-4-16)19(24)15-7-11-21(12-8-15)18(23)13-25-17-5-9-20-10-6-17/h1-6,9-10,15,22H,7-8,11-13H2. The second kappa shape index (κ2) is 8.16. The van der Waals surface area contributed by atoms with Gasteiger partial charge in [-0.3, -0.25) is 14.6 Å². The lowest BCUT2D eigenvalue weighted by Gasteiger charge is -2.31. The fourth-order valence-electron chi connectivity index (χ4n) is 2.92. The van der Waals surface area contributed by atoms with Crippen LogP contribution in [0.15, 0.2) is 53.7 Å². The summed E-state index contributed by atoms with van der Waals surface area (Å²) < 4.78 is 0. The Bertz CT molecular complexity index is 726. The Morgan fingerprint density at radius 2 is 1.72 bits per heavy atom. The first-order chi connectivity index (χ1) is 12.1. The number of aromatic nitrogens is 1. The average molecular weight is 356 g/mol. The zero-order valence-corrected chi connectivity index (χ0v) is 14.6. The average Bonchev–Trinajstić information content (AvgIpc) is 2.67. The Labute approximate surface area is 151 Å². The van der Waals surface area contributed by atoms with Gasteiger partial charge in [-0.1, -0.05) is 0 Å². The lowest BCUT2D eigenvalue weighted by Crippen LogP contribution is -2.41. The maximum Gasteiger partial charge on any atom is 0.232 e. The third-order valence-electron chi connectivity index (χ3n) is 4.38. The van der Waals surface area contributed by atoms with Crippen LogP contribution < -0.4 is 0 Å². The SMILES string of the molecule is O=C(c1ccc(O)cc1)C1CCN(C(=O)CSc2ccncc2)CC1. The van der Waals surface area contributed by atoms with Crippen molar-refractivity contribution in [2.45, 2.75) is 17.7 Å². The summed E-state index contributed by atoms with van der Waals surface area (Å²) in [7, 11) is 0. The molecular weight excluding hydrogens is 336 g/mol. The van der Waals surface area contributed by atoms with E-state index < -0.39 is 0 Å². The van der Waals surface area contributed by atoms with Crippen LogP contribution in [0, 0.1) is 5.92 Å². The highest BCUT2D eigenvalue weighted by Gasteiger charge is 2.27. The van der Waals surface area contributed by atoms with Crippen LogP contribution in [0.2, 0.25) is 0 Å². The molecule has 1 saturated heterocycles. The van der Waals surface area contributed by atoms with Crippen molar-refractivity contribution in [2.75, 3.05) is 18.8 Å². The van der Waals surface area contributed by atoms with E-state index in [9.17, 15) is 14.7 Å². The molecule has 0 aliphatic carbocycles. The van der Waals surface area contributed by atoms with E-state index in [2.05, 4.69) is 4.98 Å². The molecule has 1 amide bonds. The normalized spacial score (nSPS) is 15.1. The third kappa shape index (κ3) is 4.60. The third-order valence-corrected chi connectivity index (χ3v) is 5.38. The maximum atomic E-state index is 12.5. The summed E-state index contributed by atoms with van der Waals surface area (Å²) in [6.07, 6.45) is 4.80. The fourth-order valence-corrected chi connectivity index (χ4v) is 3.71. The molecule has 5 nitrogen and oxygen atoms in total. The van der Waals surface area contributed by atoms with Crippen LogP contribution in [0.5, 0.6) is 5.75 Å². The molecule has 25 heavy (non-hydrogen) atoms. The van der Waals surface area contributed by atoms with Crippen LogP contribution in [0.4, 0.5) is 0 Å². The van der Waals surface area contributed by atoms with E-state index in [0.29, 0.717) is 37.2 Å². The maximum absolute atomic E-state index is 12.5. The molecule has 6 heteroatoms. The van der Waals surface area contributed by atoms with Crippen LogP contribution in [0.25, 0.3) is 0 Å². The number of aromatic hydroxyl groups is 1. The van der Waals surface area contributed by atoms with Crippen LogP contribution in [-0.4, -0.2) is 45.5 Å². The van der Waals surface area contributed by atoms with E-state index in [1.165, 1.54) is 23.9 Å². The summed E-state index contributed by atoms with van der Waals surface area (Å²) in [5.41, 5.74) is 0.621. The van der Waals surface area contributed by atoms with Gasteiger partial charge in [-0.2, -0.15) is 0 Å². The van der Waals surface area contributed by atoms with E-state index in [0.717, 1.165) is 4.90 Å². The molecule has 1 N–H and O–H groups in total. The van der Waals surface area contributed by atoms with Crippen molar-refractivity contribution in [3.63, 3.8) is 0 Å². The number of thioether (sulfide) groups is 1. The summed E-state index contributed by atoms with van der Waals surface area (Å²) in [5, 5.41) is 9.32. The largest absolute Gasteiger partial charge is 0.508 e. The summed E-state index contributed by atoms with van der Waals surface area (Å²) in [6.45, 7) is 1.23. The van der Waals surface area contributed by atoms with Gasteiger partial charge in [0.1, 0.15) is 5.75 Å². The van der Waals surface area contributed by atoms with Crippen LogP contribution >= 0.6 is 11.8 Å². The molecule has 2 aromatic rings. The van der Waals surface area contributed by atoms with E-state index in [1.54, 1.807) is 24.5 Å². The Morgan fingerprint density at radius 1 is 1.08 bits per heavy atom. The van der Waals surface area contributed by atoms with E-state index in [4.69, 9.17) is 0 Å². The van der Waals surface area contributed by atoms with E-state index in [1.807, 2.05) is 17.0 Å². The minimum atomic E-state index is -0.0542. The molecule has 3 rings (SSSR count). The topological polar surface area (TPSA) is 70.5 Å². The molecule has 1 fully saturated rings. The number of amides is 1. The molecule has 0 unspecified atom stereocenters. The molecule has 1 aliphatic rings. The lowest BCUT2D eigenvalue weighted by molar-refractivity contribution is -0.129. The molecule has 0 radical (unpaired) electrons. The van der Waals surface area contributed by atoms with Gasteiger partial charge in [-0.05, 0) is 49.2 Å². The first kappa shape index (κ1) is 17.5. The first-order valence-corrected chi connectivity index (χ1v) is 9.26. The van der Waals surface area contributed by atoms with Gasteiger partial charge < -0.3 is 10.0 Å². The van der Waals surface area contributed by atoms with Gasteiger partial charge >= 0.3 is 0 Å². The summed E-state index contributed by atoms with van der Waals surface area (Å²) in [4.78, 5) is 31.7. The predicted molar refractivity (Wildman–Crippen MR) is 96.7 cm³/mol. The Balaban J connectivity index is 1.48. The Kier molecular flexibility index (Phi) is 5.71. The van der Waals surface area contributed by atoms with Crippen molar-refractivity contribution in [1.29, 1.82) is 0 Å². The first-order valence-electron chi connectivity index (χ1n) is 8.27. The zero-order valence-electron chi connectivity index (χ0n) is 13.8.